The molecule has 3 heterocycles. The van der Waals surface area contributed by atoms with Gasteiger partial charge < -0.3 is 14.5 Å². The van der Waals surface area contributed by atoms with E-state index < -0.39 is 0 Å². The van der Waals surface area contributed by atoms with Crippen molar-refractivity contribution in [1.82, 2.24) is 9.80 Å². The van der Waals surface area contributed by atoms with Gasteiger partial charge in [0.1, 0.15) is 0 Å². The predicted molar refractivity (Wildman–Crippen MR) is 96.1 cm³/mol. The molecule has 3 aliphatic rings. The Kier molecular flexibility index (Phi) is 5.14. The molecular weight excluding hydrogens is 336 g/mol. The minimum absolute atomic E-state index is 0.0917. The first-order valence-electron chi connectivity index (χ1n) is 9.25. The lowest BCUT2D eigenvalue weighted by Crippen LogP contribution is -2.50. The van der Waals surface area contributed by atoms with Crippen molar-refractivity contribution in [3.05, 3.63) is 39.9 Å². The summed E-state index contributed by atoms with van der Waals surface area (Å²) in [5, 5.41) is 15.3. The summed E-state index contributed by atoms with van der Waals surface area (Å²) in [6, 6.07) is 6.62. The van der Waals surface area contributed by atoms with E-state index in [-0.39, 0.29) is 22.8 Å². The number of nitro benzene ring substituents is 1. The number of likely N-dealkylation sites (tertiary alicyclic amines) is 1. The number of rotatable bonds is 5. The number of morpholine rings is 1. The number of oxime groups is 1. The summed E-state index contributed by atoms with van der Waals surface area (Å²) in [7, 11) is 0. The zero-order valence-electron chi connectivity index (χ0n) is 14.7. The van der Waals surface area contributed by atoms with Crippen molar-refractivity contribution >= 4 is 11.4 Å². The number of hydrogen-bond acceptors (Lipinski definition) is 7. The van der Waals surface area contributed by atoms with Crippen LogP contribution in [-0.4, -0.2) is 72.6 Å². The van der Waals surface area contributed by atoms with E-state index in [9.17, 15) is 10.1 Å². The van der Waals surface area contributed by atoms with Gasteiger partial charge >= 0.3 is 0 Å². The highest BCUT2D eigenvalue weighted by atomic mass is 16.7. The number of hydrogen-bond donors (Lipinski definition) is 0. The molecule has 2 fully saturated rings. The van der Waals surface area contributed by atoms with Gasteiger partial charge in [0.2, 0.25) is 0 Å². The molecule has 8 heteroatoms. The van der Waals surface area contributed by atoms with Gasteiger partial charge in [-0.3, -0.25) is 15.0 Å². The van der Waals surface area contributed by atoms with Crippen LogP contribution < -0.4 is 0 Å². The predicted octanol–water partition coefficient (Wildman–Crippen LogP) is 1.70. The molecule has 3 aliphatic heterocycles. The molecule has 4 rings (SSSR count). The van der Waals surface area contributed by atoms with Crippen molar-refractivity contribution < 1.29 is 14.5 Å². The van der Waals surface area contributed by atoms with Gasteiger partial charge in [0.25, 0.3) is 5.69 Å². The normalized spacial score (nSPS) is 27.3. The van der Waals surface area contributed by atoms with Crippen LogP contribution in [0.4, 0.5) is 5.69 Å². The van der Waals surface area contributed by atoms with Gasteiger partial charge in [0.15, 0.2) is 6.23 Å². The van der Waals surface area contributed by atoms with Crippen LogP contribution >= 0.6 is 0 Å². The van der Waals surface area contributed by atoms with Gasteiger partial charge in [-0.05, 0) is 38.1 Å². The molecule has 2 atom stereocenters. The van der Waals surface area contributed by atoms with Crippen LogP contribution in [0.15, 0.2) is 29.4 Å². The smallest absolute Gasteiger partial charge is 0.269 e. The quantitative estimate of drug-likeness (QED) is 0.587. The van der Waals surface area contributed by atoms with Crippen LogP contribution in [0, 0.1) is 16.0 Å². The van der Waals surface area contributed by atoms with Crippen molar-refractivity contribution in [3.8, 4) is 0 Å². The Labute approximate surface area is 152 Å². The lowest BCUT2D eigenvalue weighted by molar-refractivity contribution is -0.384. The number of non-ortho nitro benzene ring substituents is 1. The van der Waals surface area contributed by atoms with Gasteiger partial charge in [0, 0.05) is 37.3 Å². The fourth-order valence-electron chi connectivity index (χ4n) is 3.98. The lowest BCUT2D eigenvalue weighted by atomic mass is 9.94. The van der Waals surface area contributed by atoms with E-state index in [0.717, 1.165) is 44.0 Å². The molecule has 2 saturated heterocycles. The van der Waals surface area contributed by atoms with Crippen LogP contribution in [0.1, 0.15) is 18.4 Å². The fourth-order valence-corrected chi connectivity index (χ4v) is 3.98. The molecular formula is C18H24N4O4. The molecule has 0 unspecified atom stereocenters. The molecule has 1 aromatic rings. The zero-order valence-corrected chi connectivity index (χ0v) is 14.7. The minimum Gasteiger partial charge on any atom is -0.379 e. The lowest BCUT2D eigenvalue weighted by Gasteiger charge is -2.34. The van der Waals surface area contributed by atoms with E-state index in [2.05, 4.69) is 15.0 Å². The molecule has 140 valence electrons. The summed E-state index contributed by atoms with van der Waals surface area (Å²) in [6.07, 6.45) is 2.38. The van der Waals surface area contributed by atoms with Gasteiger partial charge in [-0.1, -0.05) is 5.16 Å². The summed E-state index contributed by atoms with van der Waals surface area (Å²) in [5.74, 6) is 0.132. The Balaban J connectivity index is 1.55. The van der Waals surface area contributed by atoms with Gasteiger partial charge in [-0.15, -0.1) is 0 Å². The molecule has 1 aromatic carbocycles. The summed E-state index contributed by atoms with van der Waals surface area (Å²) >= 11 is 0. The molecule has 0 spiro atoms. The van der Waals surface area contributed by atoms with Crippen molar-refractivity contribution in [2.45, 2.75) is 19.1 Å². The molecule has 0 bridgehead atoms. The van der Waals surface area contributed by atoms with Gasteiger partial charge in [-0.25, -0.2) is 0 Å². The SMILES string of the molecule is O=[N+]([O-])c1ccc(C2=NO[C@@H](N3CCOCC3)[C@H]2CN2CCCC2)cc1. The first-order chi connectivity index (χ1) is 12.7. The maximum atomic E-state index is 10.9. The molecule has 0 N–H and O–H groups in total. The summed E-state index contributed by atoms with van der Waals surface area (Å²) in [4.78, 5) is 21.2. The summed E-state index contributed by atoms with van der Waals surface area (Å²) < 4.78 is 5.47. The van der Waals surface area contributed by atoms with Crippen LogP contribution in [0.5, 0.6) is 0 Å². The third kappa shape index (κ3) is 3.58. The molecule has 0 radical (unpaired) electrons. The largest absolute Gasteiger partial charge is 0.379 e. The topological polar surface area (TPSA) is 80.4 Å². The Morgan fingerprint density at radius 1 is 1.12 bits per heavy atom. The molecule has 26 heavy (non-hydrogen) atoms. The van der Waals surface area contributed by atoms with Crippen molar-refractivity contribution in [3.63, 3.8) is 0 Å². The van der Waals surface area contributed by atoms with Crippen molar-refractivity contribution in [2.24, 2.45) is 11.1 Å². The van der Waals surface area contributed by atoms with Crippen LogP contribution in [0.3, 0.4) is 0 Å². The number of nitrogens with zero attached hydrogens (tertiary/aromatic N) is 4. The third-order valence-electron chi connectivity index (χ3n) is 5.39. The Morgan fingerprint density at radius 3 is 2.46 bits per heavy atom. The second kappa shape index (κ2) is 7.69. The number of nitro groups is 1. The average molecular weight is 360 g/mol. The van der Waals surface area contributed by atoms with E-state index >= 15 is 0 Å². The van der Waals surface area contributed by atoms with Gasteiger partial charge in [-0.2, -0.15) is 0 Å². The Bertz CT molecular complexity index is 666. The first kappa shape index (κ1) is 17.4. The molecule has 0 aromatic heterocycles. The minimum atomic E-state index is -0.380. The molecule has 0 saturated carbocycles. The summed E-state index contributed by atoms with van der Waals surface area (Å²) in [5.41, 5.74) is 1.88. The van der Waals surface area contributed by atoms with Crippen LogP contribution in [0.25, 0.3) is 0 Å². The second-order valence-corrected chi connectivity index (χ2v) is 7.04. The highest BCUT2D eigenvalue weighted by Gasteiger charge is 2.40. The van der Waals surface area contributed by atoms with E-state index in [1.807, 2.05) is 0 Å². The van der Waals surface area contributed by atoms with E-state index in [4.69, 9.17) is 9.57 Å². The van der Waals surface area contributed by atoms with Crippen molar-refractivity contribution in [1.29, 1.82) is 0 Å². The average Bonchev–Trinajstić information content (AvgIpc) is 3.33. The highest BCUT2D eigenvalue weighted by molar-refractivity contribution is 6.03. The summed E-state index contributed by atoms with van der Waals surface area (Å²) in [6.45, 7) is 6.22. The van der Waals surface area contributed by atoms with Crippen LogP contribution in [-0.2, 0) is 9.57 Å². The maximum Gasteiger partial charge on any atom is 0.269 e. The first-order valence-corrected chi connectivity index (χ1v) is 9.25. The van der Waals surface area contributed by atoms with E-state index in [1.54, 1.807) is 12.1 Å². The van der Waals surface area contributed by atoms with Gasteiger partial charge in [0.05, 0.1) is 29.8 Å². The monoisotopic (exact) mass is 360 g/mol. The highest BCUT2D eigenvalue weighted by Crippen LogP contribution is 2.29. The maximum absolute atomic E-state index is 10.9. The Morgan fingerprint density at radius 2 is 1.81 bits per heavy atom. The molecule has 0 aliphatic carbocycles. The zero-order chi connectivity index (χ0) is 17.9. The third-order valence-corrected chi connectivity index (χ3v) is 5.39. The number of ether oxygens (including phenoxy) is 1. The van der Waals surface area contributed by atoms with E-state index in [0.29, 0.717) is 13.2 Å². The fraction of sp³-hybridized carbons (Fsp3) is 0.611. The Hall–Kier alpha value is -2.03. The molecule has 0 amide bonds. The van der Waals surface area contributed by atoms with E-state index in [1.165, 1.54) is 25.0 Å². The second-order valence-electron chi connectivity index (χ2n) is 7.04. The van der Waals surface area contributed by atoms with Crippen LogP contribution in [0.2, 0.25) is 0 Å². The van der Waals surface area contributed by atoms with Crippen molar-refractivity contribution in [2.75, 3.05) is 45.9 Å². The number of benzene rings is 1. The molecule has 8 nitrogen and oxygen atoms in total. The standard InChI is InChI=1S/C18H24N4O4/c23-22(24)15-5-3-14(4-6-15)17-16(13-20-7-1-2-8-20)18(26-19-17)21-9-11-25-12-10-21/h3-6,16,18H,1-2,7-13H2/t16-,18+/m0/s1.